The number of nitrogens with zero attached hydrogens (tertiary/aromatic N) is 2. The summed E-state index contributed by atoms with van der Waals surface area (Å²) < 4.78 is 10.1. The van der Waals surface area contributed by atoms with Crippen LogP contribution in [0.1, 0.15) is 83.6 Å². The van der Waals surface area contributed by atoms with Crippen LogP contribution >= 0.6 is 23.2 Å². The van der Waals surface area contributed by atoms with Crippen molar-refractivity contribution in [2.45, 2.75) is 51.7 Å². The molecule has 6 aromatic rings. The van der Waals surface area contributed by atoms with E-state index in [1.165, 1.54) is 0 Å². The zero-order chi connectivity index (χ0) is 45.0. The summed E-state index contributed by atoms with van der Waals surface area (Å²) in [5, 5.41) is 23.9. The third-order valence-corrected chi connectivity index (χ3v) is 12.8. The summed E-state index contributed by atoms with van der Waals surface area (Å²) in [5.74, 6) is -0.197. The topological polar surface area (TPSA) is 99.5 Å². The van der Waals surface area contributed by atoms with E-state index in [1.807, 2.05) is 133 Å². The van der Waals surface area contributed by atoms with Crippen molar-refractivity contribution in [3.05, 3.63) is 178 Å². The summed E-state index contributed by atoms with van der Waals surface area (Å²) >= 11 is 12.1. The minimum absolute atomic E-state index is 0.193. The van der Waals surface area contributed by atoms with Crippen LogP contribution in [0.2, 0.25) is 10.0 Å². The standard InChI is InChI=1S/2C27H28ClNO3/c2*1-2-32-27(31)21-9-13-23(14-10-21)29-17-15-20(16-18-29)26(30)25-6-4-3-5-24(25)19-7-11-22(28)12-8-19/h2*3-14,20,26,30H,2,15-18H2,1H3/t2*26-/m10/s1. The van der Waals surface area contributed by atoms with Gasteiger partial charge in [-0.2, -0.15) is 0 Å². The molecular weight excluding hydrogens is 844 g/mol. The van der Waals surface area contributed by atoms with E-state index in [0.29, 0.717) is 34.4 Å². The van der Waals surface area contributed by atoms with Gasteiger partial charge in [-0.25, -0.2) is 9.59 Å². The number of piperidine rings is 2. The van der Waals surface area contributed by atoms with Gasteiger partial charge in [0.2, 0.25) is 0 Å². The van der Waals surface area contributed by atoms with Crippen LogP contribution < -0.4 is 9.80 Å². The second kappa shape index (κ2) is 22.3. The monoisotopic (exact) mass is 898 g/mol. The molecule has 2 atom stereocenters. The van der Waals surface area contributed by atoms with Crippen LogP contribution in [0, 0.1) is 11.8 Å². The number of aliphatic hydroxyl groups is 2. The molecule has 2 fully saturated rings. The van der Waals surface area contributed by atoms with Crippen molar-refractivity contribution >= 4 is 46.5 Å². The van der Waals surface area contributed by atoms with Gasteiger partial charge in [0.25, 0.3) is 0 Å². The number of halogens is 2. The molecule has 10 heteroatoms. The average molecular weight is 900 g/mol. The molecular formula is C54H56Cl2N2O6. The molecule has 0 spiro atoms. The highest BCUT2D eigenvalue weighted by Crippen LogP contribution is 2.39. The minimum Gasteiger partial charge on any atom is -0.462 e. The molecule has 64 heavy (non-hydrogen) atoms. The van der Waals surface area contributed by atoms with Crippen LogP contribution in [0.25, 0.3) is 22.3 Å². The number of ether oxygens (including phenoxy) is 2. The Kier molecular flexibility index (Phi) is 16.2. The summed E-state index contributed by atoms with van der Waals surface area (Å²) in [4.78, 5) is 28.3. The van der Waals surface area contributed by atoms with E-state index >= 15 is 0 Å². The molecule has 0 bridgehead atoms. The first-order valence-corrected chi connectivity index (χ1v) is 23.0. The first-order valence-electron chi connectivity index (χ1n) is 22.2. The predicted molar refractivity (Wildman–Crippen MR) is 258 cm³/mol. The molecule has 8 nitrogen and oxygen atoms in total. The number of carbonyl (C=O) groups excluding carboxylic acids is 2. The lowest BCUT2D eigenvalue weighted by molar-refractivity contribution is 0.0517. The van der Waals surface area contributed by atoms with Gasteiger partial charge < -0.3 is 29.5 Å². The molecule has 2 aliphatic rings. The lowest BCUT2D eigenvalue weighted by atomic mass is 9.84. The zero-order valence-electron chi connectivity index (χ0n) is 36.4. The number of rotatable bonds is 12. The van der Waals surface area contributed by atoms with Gasteiger partial charge >= 0.3 is 11.9 Å². The highest BCUT2D eigenvalue weighted by Gasteiger charge is 2.30. The van der Waals surface area contributed by atoms with Crippen molar-refractivity contribution in [3.63, 3.8) is 0 Å². The summed E-state index contributed by atoms with van der Waals surface area (Å²) in [7, 11) is 0. The van der Waals surface area contributed by atoms with Crippen molar-refractivity contribution in [3.8, 4) is 22.3 Å². The number of carbonyl (C=O) groups is 2. The normalized spacial score (nSPS) is 15.4. The van der Waals surface area contributed by atoms with E-state index in [4.69, 9.17) is 32.7 Å². The van der Waals surface area contributed by atoms with E-state index in [1.54, 1.807) is 13.8 Å². The third-order valence-electron chi connectivity index (χ3n) is 12.3. The minimum atomic E-state index is -0.518. The highest BCUT2D eigenvalue weighted by atomic mass is 35.5. The SMILES string of the molecule is CCOC(=O)c1ccc(N2CCC([C@@H](O)c3ccccc3-c3ccc(Cl)cc3)CC2)cc1.CCOC(=O)c1ccc(N2CCC([C@H](O)c3ccccc3-c3ccc(Cl)cc3)CC2)cc1. The van der Waals surface area contributed by atoms with Gasteiger partial charge in [-0.3, -0.25) is 0 Å². The van der Waals surface area contributed by atoms with E-state index in [9.17, 15) is 19.8 Å². The Balaban J connectivity index is 0.000000191. The molecule has 2 N–H and O–H groups in total. The first kappa shape index (κ1) is 46.4. The molecule has 2 aliphatic heterocycles. The second-order valence-corrected chi connectivity index (χ2v) is 17.1. The van der Waals surface area contributed by atoms with Crippen LogP contribution in [-0.4, -0.2) is 61.5 Å². The Hall–Kier alpha value is -5.64. The van der Waals surface area contributed by atoms with Gasteiger partial charge in [-0.15, -0.1) is 0 Å². The van der Waals surface area contributed by atoms with Gasteiger partial charge in [0.1, 0.15) is 0 Å². The molecule has 0 aliphatic carbocycles. The molecule has 2 heterocycles. The fourth-order valence-corrected chi connectivity index (χ4v) is 9.05. The Bertz CT molecular complexity index is 2260. The lowest BCUT2D eigenvalue weighted by Gasteiger charge is -2.36. The fraction of sp³-hybridized carbons (Fsp3) is 0.296. The van der Waals surface area contributed by atoms with Gasteiger partial charge in [-0.1, -0.05) is 96.0 Å². The van der Waals surface area contributed by atoms with Gasteiger partial charge in [0, 0.05) is 47.6 Å². The smallest absolute Gasteiger partial charge is 0.338 e. The van der Waals surface area contributed by atoms with Gasteiger partial charge in [-0.05, 0) is 158 Å². The van der Waals surface area contributed by atoms with E-state index in [0.717, 1.165) is 96.6 Å². The van der Waals surface area contributed by atoms with Crippen LogP contribution in [0.15, 0.2) is 146 Å². The van der Waals surface area contributed by atoms with Crippen LogP contribution in [0.3, 0.4) is 0 Å². The number of anilines is 2. The summed E-state index contributed by atoms with van der Waals surface area (Å²) in [6.07, 6.45) is 2.56. The van der Waals surface area contributed by atoms with Crippen LogP contribution in [0.5, 0.6) is 0 Å². The van der Waals surface area contributed by atoms with Crippen molar-refractivity contribution in [2.75, 3.05) is 49.2 Å². The number of hydrogen-bond donors (Lipinski definition) is 2. The Labute approximate surface area is 387 Å². The third kappa shape index (κ3) is 11.5. The molecule has 6 aromatic carbocycles. The molecule has 0 unspecified atom stereocenters. The van der Waals surface area contributed by atoms with Crippen molar-refractivity contribution in [1.29, 1.82) is 0 Å². The molecule has 0 amide bonds. The first-order chi connectivity index (χ1) is 31.1. The number of esters is 2. The second-order valence-electron chi connectivity index (χ2n) is 16.3. The van der Waals surface area contributed by atoms with E-state index in [2.05, 4.69) is 21.9 Å². The molecule has 0 saturated carbocycles. The van der Waals surface area contributed by atoms with Crippen molar-refractivity contribution < 1.29 is 29.3 Å². The van der Waals surface area contributed by atoms with E-state index < -0.39 is 12.2 Å². The summed E-state index contributed by atoms with van der Waals surface area (Å²) in [5.41, 5.74) is 9.47. The van der Waals surface area contributed by atoms with E-state index in [-0.39, 0.29) is 23.8 Å². The zero-order valence-corrected chi connectivity index (χ0v) is 37.9. The molecule has 332 valence electrons. The number of aliphatic hydroxyl groups excluding tert-OH is 2. The largest absolute Gasteiger partial charge is 0.462 e. The highest BCUT2D eigenvalue weighted by molar-refractivity contribution is 6.31. The Morgan fingerprint density at radius 1 is 0.516 bits per heavy atom. The molecule has 0 aromatic heterocycles. The quantitative estimate of drug-likeness (QED) is 0.117. The van der Waals surface area contributed by atoms with Crippen LogP contribution in [0.4, 0.5) is 11.4 Å². The van der Waals surface area contributed by atoms with Gasteiger partial charge in [0.15, 0.2) is 0 Å². The Morgan fingerprint density at radius 3 is 1.17 bits per heavy atom. The average Bonchev–Trinajstić information content (AvgIpc) is 3.34. The maximum atomic E-state index is 11.9. The lowest BCUT2D eigenvalue weighted by Crippen LogP contribution is -2.35. The van der Waals surface area contributed by atoms with Crippen molar-refractivity contribution in [2.24, 2.45) is 11.8 Å². The van der Waals surface area contributed by atoms with Crippen molar-refractivity contribution in [1.82, 2.24) is 0 Å². The fourth-order valence-electron chi connectivity index (χ4n) is 8.79. The maximum Gasteiger partial charge on any atom is 0.338 e. The number of benzene rings is 6. The summed E-state index contributed by atoms with van der Waals surface area (Å²) in [6.45, 7) is 7.81. The molecule has 8 rings (SSSR count). The molecule has 2 saturated heterocycles. The molecule has 0 radical (unpaired) electrons. The summed E-state index contributed by atoms with van der Waals surface area (Å²) in [6, 6.07) is 46.8. The predicted octanol–water partition coefficient (Wildman–Crippen LogP) is 12.3. The van der Waals surface area contributed by atoms with Gasteiger partial charge in [0.05, 0.1) is 36.5 Å². The van der Waals surface area contributed by atoms with Crippen LogP contribution in [-0.2, 0) is 9.47 Å². The number of hydrogen-bond acceptors (Lipinski definition) is 8. The maximum absolute atomic E-state index is 11.9. The Morgan fingerprint density at radius 2 is 0.844 bits per heavy atom.